The Labute approximate surface area is 324 Å². The predicted molar refractivity (Wildman–Crippen MR) is 229 cm³/mol. The van der Waals surface area contributed by atoms with Gasteiger partial charge in [-0.15, -0.1) is 0 Å². The summed E-state index contributed by atoms with van der Waals surface area (Å²) < 4.78 is 2.53. The summed E-state index contributed by atoms with van der Waals surface area (Å²) >= 11 is 0. The van der Waals surface area contributed by atoms with Gasteiger partial charge in [-0.3, -0.25) is 0 Å². The average molecular weight is 712 g/mol. The highest BCUT2D eigenvalue weighted by Gasteiger charge is 2.50. The van der Waals surface area contributed by atoms with Gasteiger partial charge in [0, 0.05) is 27.5 Å². The lowest BCUT2D eigenvalue weighted by Gasteiger charge is -2.39. The minimum Gasteiger partial charge on any atom is -0.309 e. The molecule has 1 aliphatic heterocycles. The van der Waals surface area contributed by atoms with Gasteiger partial charge in [-0.05, 0) is 62.7 Å². The third kappa shape index (κ3) is 4.28. The minimum absolute atomic E-state index is 0.450. The lowest BCUT2D eigenvalue weighted by atomic mass is 9.65. The van der Waals surface area contributed by atoms with Crippen LogP contribution < -0.4 is 0 Å². The molecule has 0 unspecified atom stereocenters. The Morgan fingerprint density at radius 2 is 0.893 bits per heavy atom. The lowest BCUT2D eigenvalue weighted by molar-refractivity contribution is 0.748. The number of hydrogen-bond acceptors (Lipinski definition) is 2. The highest BCUT2D eigenvalue weighted by Crippen LogP contribution is 2.61. The maximum absolute atomic E-state index is 5.09. The van der Waals surface area contributed by atoms with Gasteiger partial charge in [-0.2, -0.15) is 0 Å². The third-order valence-corrected chi connectivity index (χ3v) is 12.0. The van der Waals surface area contributed by atoms with Crippen LogP contribution in [0.5, 0.6) is 0 Å². The molecule has 0 saturated heterocycles. The van der Waals surface area contributed by atoms with Crippen LogP contribution in [0, 0.1) is 0 Å². The summed E-state index contributed by atoms with van der Waals surface area (Å²) in [6.07, 6.45) is 0. The van der Waals surface area contributed by atoms with E-state index in [9.17, 15) is 0 Å². The second kappa shape index (κ2) is 11.8. The first-order valence-corrected chi connectivity index (χ1v) is 19.2. The fourth-order valence-electron chi connectivity index (χ4n) is 9.65. The van der Waals surface area contributed by atoms with Crippen molar-refractivity contribution in [1.82, 2.24) is 14.5 Å². The van der Waals surface area contributed by atoms with Crippen molar-refractivity contribution in [3.63, 3.8) is 0 Å². The molecule has 2 aromatic heterocycles. The van der Waals surface area contributed by atoms with Crippen LogP contribution in [0.4, 0.5) is 0 Å². The molecule has 3 nitrogen and oxygen atoms in total. The summed E-state index contributed by atoms with van der Waals surface area (Å²) in [5, 5.41) is 2.56. The van der Waals surface area contributed by atoms with Crippen LogP contribution >= 0.6 is 0 Å². The van der Waals surface area contributed by atoms with Crippen molar-refractivity contribution in [2.24, 2.45) is 0 Å². The fourth-order valence-corrected chi connectivity index (χ4v) is 9.65. The molecule has 8 aromatic carbocycles. The first kappa shape index (κ1) is 31.0. The van der Waals surface area contributed by atoms with Crippen LogP contribution in [0.2, 0.25) is 0 Å². The number of rotatable bonds is 4. The van der Waals surface area contributed by atoms with Crippen molar-refractivity contribution >= 4 is 21.8 Å². The minimum atomic E-state index is -0.450. The van der Waals surface area contributed by atoms with Crippen molar-refractivity contribution in [1.29, 1.82) is 0 Å². The van der Waals surface area contributed by atoms with Crippen LogP contribution in [0.3, 0.4) is 0 Å². The zero-order chi connectivity index (χ0) is 36.8. The Hall–Kier alpha value is -7.36. The maximum atomic E-state index is 5.09. The van der Waals surface area contributed by atoms with Crippen molar-refractivity contribution < 1.29 is 0 Å². The molecule has 260 valence electrons. The first-order valence-electron chi connectivity index (χ1n) is 19.2. The van der Waals surface area contributed by atoms with E-state index in [2.05, 4.69) is 180 Å². The molecule has 3 heterocycles. The van der Waals surface area contributed by atoms with Crippen molar-refractivity contribution in [2.45, 2.75) is 5.41 Å². The SMILES string of the molecule is c1ccc(-c2cc(-c3ccc(-c4ccc5c(c4)-n4c6ccccc6c6cccc(c64)C54c5ccccc5-c5ccccc54)cc3)nc(-c3ccccc3)n2)cc1. The Balaban J connectivity index is 1.05. The molecular formula is C53H33N3. The largest absolute Gasteiger partial charge is 0.309 e. The average Bonchev–Trinajstić information content (AvgIpc) is 3.77. The molecule has 0 fully saturated rings. The fraction of sp³-hybridized carbons (Fsp3) is 0.0189. The molecular weight excluding hydrogens is 679 g/mol. The number of hydrogen-bond donors (Lipinski definition) is 0. The zero-order valence-corrected chi connectivity index (χ0v) is 30.4. The van der Waals surface area contributed by atoms with Crippen molar-refractivity contribution in [2.75, 3.05) is 0 Å². The maximum Gasteiger partial charge on any atom is 0.160 e. The molecule has 56 heavy (non-hydrogen) atoms. The first-order chi connectivity index (χ1) is 27.8. The number of para-hydroxylation sites is 2. The standard InChI is InChI=1S/C53H33N3/c1-3-14-35(15-4-1)47-33-48(55-52(54-47)37-16-5-2-6-17-37)36-28-26-34(27-29-36)38-30-31-45-50(32-38)56-49-25-12-9-20-41(49)42-21-13-24-46(51(42)56)53(45)43-22-10-7-18-39(43)40-19-8-11-23-44(40)53/h1-33H. The Bertz CT molecular complexity index is 3070. The van der Waals surface area contributed by atoms with E-state index in [1.807, 2.05) is 24.3 Å². The van der Waals surface area contributed by atoms with Gasteiger partial charge in [-0.25, -0.2) is 9.97 Å². The Morgan fingerprint density at radius 1 is 0.357 bits per heavy atom. The van der Waals surface area contributed by atoms with E-state index in [4.69, 9.17) is 9.97 Å². The molecule has 0 amide bonds. The number of fused-ring (bicyclic) bond motifs is 12. The van der Waals surface area contributed by atoms with E-state index >= 15 is 0 Å². The van der Waals surface area contributed by atoms with Gasteiger partial charge >= 0.3 is 0 Å². The van der Waals surface area contributed by atoms with Crippen molar-refractivity contribution in [3.8, 4) is 61.8 Å². The van der Waals surface area contributed by atoms with Crippen LogP contribution in [0.1, 0.15) is 22.3 Å². The number of aromatic nitrogens is 3. The molecule has 12 rings (SSSR count). The van der Waals surface area contributed by atoms with Crippen LogP contribution in [-0.2, 0) is 5.41 Å². The van der Waals surface area contributed by atoms with Gasteiger partial charge in [0.25, 0.3) is 0 Å². The zero-order valence-electron chi connectivity index (χ0n) is 30.4. The molecule has 0 N–H and O–H groups in total. The molecule has 1 spiro atoms. The monoisotopic (exact) mass is 711 g/mol. The molecule has 2 aliphatic rings. The molecule has 0 radical (unpaired) electrons. The summed E-state index contributed by atoms with van der Waals surface area (Å²) in [6, 6.07) is 72.5. The molecule has 0 atom stereocenters. The molecule has 1 aliphatic carbocycles. The van der Waals surface area contributed by atoms with E-state index in [-0.39, 0.29) is 0 Å². The lowest BCUT2D eigenvalue weighted by Crippen LogP contribution is -2.33. The third-order valence-electron chi connectivity index (χ3n) is 12.0. The van der Waals surface area contributed by atoms with Gasteiger partial charge in [0.05, 0.1) is 33.5 Å². The second-order valence-electron chi connectivity index (χ2n) is 14.9. The normalized spacial score (nSPS) is 13.1. The van der Waals surface area contributed by atoms with Gasteiger partial charge in [0.15, 0.2) is 5.82 Å². The topological polar surface area (TPSA) is 30.7 Å². The summed E-state index contributed by atoms with van der Waals surface area (Å²) in [6.45, 7) is 0. The number of nitrogens with zero attached hydrogens (tertiary/aromatic N) is 3. The smallest absolute Gasteiger partial charge is 0.160 e. The van der Waals surface area contributed by atoms with Gasteiger partial charge in [-0.1, -0.05) is 182 Å². The van der Waals surface area contributed by atoms with Gasteiger partial charge in [0.1, 0.15) is 0 Å². The van der Waals surface area contributed by atoms with E-state index in [1.165, 1.54) is 66.4 Å². The highest BCUT2D eigenvalue weighted by atomic mass is 15.0. The van der Waals surface area contributed by atoms with Crippen LogP contribution in [0.15, 0.2) is 200 Å². The Kier molecular flexibility index (Phi) is 6.55. The van der Waals surface area contributed by atoms with E-state index in [0.29, 0.717) is 0 Å². The van der Waals surface area contributed by atoms with Crippen LogP contribution in [-0.4, -0.2) is 14.5 Å². The summed E-state index contributed by atoms with van der Waals surface area (Å²) in [4.78, 5) is 10.1. The van der Waals surface area contributed by atoms with E-state index in [1.54, 1.807) is 0 Å². The number of benzene rings is 8. The predicted octanol–water partition coefficient (Wildman–Crippen LogP) is 12.9. The summed E-state index contributed by atoms with van der Waals surface area (Å²) in [5.74, 6) is 0.718. The van der Waals surface area contributed by atoms with Gasteiger partial charge < -0.3 is 4.57 Å². The van der Waals surface area contributed by atoms with Crippen LogP contribution in [0.25, 0.3) is 83.6 Å². The van der Waals surface area contributed by atoms with Gasteiger partial charge in [0.2, 0.25) is 0 Å². The molecule has 10 aromatic rings. The molecule has 3 heteroatoms. The van der Waals surface area contributed by atoms with E-state index < -0.39 is 5.41 Å². The molecule has 0 saturated carbocycles. The second-order valence-corrected chi connectivity index (χ2v) is 14.9. The highest BCUT2D eigenvalue weighted by molar-refractivity contribution is 6.13. The van der Waals surface area contributed by atoms with E-state index in [0.717, 1.165) is 39.5 Å². The quantitative estimate of drug-likeness (QED) is 0.182. The summed E-state index contributed by atoms with van der Waals surface area (Å²) in [5.41, 5.74) is 18.5. The summed E-state index contributed by atoms with van der Waals surface area (Å²) in [7, 11) is 0. The molecule has 0 bridgehead atoms. The van der Waals surface area contributed by atoms with Crippen molar-refractivity contribution in [3.05, 3.63) is 222 Å². The Morgan fingerprint density at radius 3 is 1.61 bits per heavy atom.